The molecule has 4 heteroatoms. The Bertz CT molecular complexity index is 2200. The minimum Gasteiger partial charge on any atom is -0.455 e. The van der Waals surface area contributed by atoms with E-state index < -0.39 is 0 Å². The minimum atomic E-state index is 0.689. The van der Waals surface area contributed by atoms with Crippen LogP contribution < -0.4 is 0 Å². The highest BCUT2D eigenvalue weighted by Crippen LogP contribution is 2.36. The maximum absolute atomic E-state index is 6.30. The van der Waals surface area contributed by atoms with Crippen molar-refractivity contribution in [3.05, 3.63) is 152 Å². The van der Waals surface area contributed by atoms with Crippen LogP contribution in [0.5, 0.6) is 0 Å². The zero-order valence-electron chi connectivity index (χ0n) is 23.2. The van der Waals surface area contributed by atoms with Gasteiger partial charge in [-0.05, 0) is 41.0 Å². The third kappa shape index (κ3) is 4.65. The number of hydrogen-bond acceptors (Lipinski definition) is 4. The van der Waals surface area contributed by atoms with Crippen LogP contribution in [0.15, 0.2) is 156 Å². The summed E-state index contributed by atoms with van der Waals surface area (Å²) in [6.45, 7) is 0. The zero-order valence-corrected chi connectivity index (χ0v) is 23.2. The molecule has 8 rings (SSSR count). The minimum absolute atomic E-state index is 0.689. The van der Waals surface area contributed by atoms with Crippen LogP contribution >= 0.6 is 0 Å². The highest BCUT2D eigenvalue weighted by molar-refractivity contribution is 6.09. The van der Waals surface area contributed by atoms with E-state index in [1.54, 1.807) is 0 Å². The Morgan fingerprint density at radius 1 is 0.419 bits per heavy atom. The Morgan fingerprint density at radius 2 is 1.00 bits per heavy atom. The van der Waals surface area contributed by atoms with Gasteiger partial charge in [-0.1, -0.05) is 115 Å². The van der Waals surface area contributed by atoms with Gasteiger partial charge in [-0.25, -0.2) is 9.97 Å². The van der Waals surface area contributed by atoms with Crippen molar-refractivity contribution in [2.45, 2.75) is 0 Å². The second-order valence-corrected chi connectivity index (χ2v) is 10.5. The smallest absolute Gasteiger partial charge is 0.160 e. The van der Waals surface area contributed by atoms with Crippen LogP contribution in [-0.2, 0) is 0 Å². The van der Waals surface area contributed by atoms with E-state index in [9.17, 15) is 0 Å². The molecule has 4 nitrogen and oxygen atoms in total. The van der Waals surface area contributed by atoms with Gasteiger partial charge in [-0.2, -0.15) is 0 Å². The van der Waals surface area contributed by atoms with Crippen LogP contribution in [0.1, 0.15) is 0 Å². The van der Waals surface area contributed by atoms with Crippen LogP contribution in [0, 0.1) is 0 Å². The molecule has 0 fully saturated rings. The van der Waals surface area contributed by atoms with Crippen molar-refractivity contribution in [2.75, 3.05) is 0 Å². The molecule has 0 saturated heterocycles. The summed E-state index contributed by atoms with van der Waals surface area (Å²) in [5.41, 5.74) is 11.0. The average molecular weight is 552 g/mol. The maximum atomic E-state index is 6.30. The molecule has 3 heterocycles. The largest absolute Gasteiger partial charge is 0.455 e. The fourth-order valence-corrected chi connectivity index (χ4v) is 5.63. The fourth-order valence-electron chi connectivity index (χ4n) is 5.63. The number of rotatable bonds is 5. The summed E-state index contributed by atoms with van der Waals surface area (Å²) in [4.78, 5) is 14.2. The van der Waals surface area contributed by atoms with E-state index in [-0.39, 0.29) is 0 Å². The summed E-state index contributed by atoms with van der Waals surface area (Å²) in [5, 5.41) is 2.26. The van der Waals surface area contributed by atoms with Gasteiger partial charge < -0.3 is 4.42 Å². The van der Waals surface area contributed by atoms with E-state index in [1.807, 2.05) is 60.9 Å². The lowest BCUT2D eigenvalue weighted by Crippen LogP contribution is -1.96. The topological polar surface area (TPSA) is 51.8 Å². The van der Waals surface area contributed by atoms with Crippen molar-refractivity contribution in [3.8, 4) is 56.2 Å². The lowest BCUT2D eigenvalue weighted by atomic mass is 9.99. The first-order valence-corrected chi connectivity index (χ1v) is 14.3. The molecule has 0 N–H and O–H groups in total. The quantitative estimate of drug-likeness (QED) is 0.214. The second-order valence-electron chi connectivity index (χ2n) is 10.5. The first kappa shape index (κ1) is 24.9. The van der Waals surface area contributed by atoms with E-state index >= 15 is 0 Å². The third-order valence-corrected chi connectivity index (χ3v) is 7.85. The number of aromatic nitrogens is 3. The Kier molecular flexibility index (Phi) is 6.08. The molecular formula is C39H25N3O. The summed E-state index contributed by atoms with van der Waals surface area (Å²) in [6, 6.07) is 47.8. The van der Waals surface area contributed by atoms with Crippen molar-refractivity contribution in [1.82, 2.24) is 15.0 Å². The summed E-state index contributed by atoms with van der Waals surface area (Å²) in [6.07, 6.45) is 3.62. The molecule has 0 spiro atoms. The molecule has 0 bridgehead atoms. The lowest BCUT2D eigenvalue weighted by Gasteiger charge is -2.11. The van der Waals surface area contributed by atoms with Gasteiger partial charge in [0, 0.05) is 45.4 Å². The van der Waals surface area contributed by atoms with Gasteiger partial charge in [0.15, 0.2) is 5.82 Å². The highest BCUT2D eigenvalue weighted by atomic mass is 16.3. The molecule has 202 valence electrons. The number of benzene rings is 5. The van der Waals surface area contributed by atoms with E-state index in [4.69, 9.17) is 14.4 Å². The van der Waals surface area contributed by atoms with Gasteiger partial charge in [-0.15, -0.1) is 0 Å². The standard InChI is InChI=1S/C39H25N3O/c1-2-7-29(8-3-1)35-25-36(42-39(41-35)31-19-13-26(14-20-31)27-21-23-40-24-22-27)30-17-15-28(16-18-30)32-10-6-11-34-33-9-4-5-12-37(33)43-38(32)34/h1-25H. The highest BCUT2D eigenvalue weighted by Gasteiger charge is 2.14. The van der Waals surface area contributed by atoms with Gasteiger partial charge in [0.25, 0.3) is 0 Å². The molecule has 0 saturated carbocycles. The van der Waals surface area contributed by atoms with Crippen LogP contribution in [0.25, 0.3) is 78.1 Å². The zero-order chi connectivity index (χ0) is 28.6. The van der Waals surface area contributed by atoms with Gasteiger partial charge in [0.1, 0.15) is 11.2 Å². The van der Waals surface area contributed by atoms with Gasteiger partial charge in [0.2, 0.25) is 0 Å². The first-order chi connectivity index (χ1) is 21.3. The molecule has 0 radical (unpaired) electrons. The fraction of sp³-hybridized carbons (Fsp3) is 0. The Labute approximate surface area is 249 Å². The van der Waals surface area contributed by atoms with E-state index in [0.717, 1.165) is 72.3 Å². The van der Waals surface area contributed by atoms with Gasteiger partial charge in [0.05, 0.1) is 11.4 Å². The summed E-state index contributed by atoms with van der Waals surface area (Å²) >= 11 is 0. The second kappa shape index (κ2) is 10.5. The SMILES string of the molecule is c1ccc(-c2cc(-c3ccc(-c4cccc5c4oc4ccccc45)cc3)nc(-c3ccc(-c4ccncc4)cc3)n2)cc1. The third-order valence-electron chi connectivity index (χ3n) is 7.85. The number of pyridine rings is 1. The molecule has 0 unspecified atom stereocenters. The Balaban J connectivity index is 1.20. The molecule has 8 aromatic rings. The van der Waals surface area contributed by atoms with E-state index in [2.05, 4.69) is 96.0 Å². The number of fused-ring (bicyclic) bond motifs is 3. The van der Waals surface area contributed by atoms with Gasteiger partial charge in [-0.3, -0.25) is 4.98 Å². The average Bonchev–Trinajstić information content (AvgIpc) is 3.48. The van der Waals surface area contributed by atoms with Crippen LogP contribution in [-0.4, -0.2) is 15.0 Å². The van der Waals surface area contributed by atoms with Crippen molar-refractivity contribution >= 4 is 21.9 Å². The predicted molar refractivity (Wildman–Crippen MR) is 174 cm³/mol. The molecule has 0 aliphatic carbocycles. The lowest BCUT2D eigenvalue weighted by molar-refractivity contribution is 0.670. The van der Waals surface area contributed by atoms with Crippen molar-refractivity contribution in [2.24, 2.45) is 0 Å². The summed E-state index contributed by atoms with van der Waals surface area (Å²) < 4.78 is 6.30. The summed E-state index contributed by atoms with van der Waals surface area (Å²) in [7, 11) is 0. The Hall–Kier alpha value is -5.87. The Morgan fingerprint density at radius 3 is 1.77 bits per heavy atom. The monoisotopic (exact) mass is 551 g/mol. The van der Waals surface area contributed by atoms with Crippen LogP contribution in [0.3, 0.4) is 0 Å². The molecular weight excluding hydrogens is 526 g/mol. The molecule has 0 aliphatic heterocycles. The number of hydrogen-bond donors (Lipinski definition) is 0. The number of para-hydroxylation sites is 2. The number of nitrogens with zero attached hydrogens (tertiary/aromatic N) is 3. The van der Waals surface area contributed by atoms with Gasteiger partial charge >= 0.3 is 0 Å². The van der Waals surface area contributed by atoms with E-state index in [1.165, 1.54) is 0 Å². The molecule has 3 aromatic heterocycles. The van der Waals surface area contributed by atoms with Crippen molar-refractivity contribution in [3.63, 3.8) is 0 Å². The van der Waals surface area contributed by atoms with Crippen LogP contribution in [0.4, 0.5) is 0 Å². The molecule has 0 atom stereocenters. The molecule has 43 heavy (non-hydrogen) atoms. The molecule has 0 aliphatic rings. The van der Waals surface area contributed by atoms with Crippen LogP contribution in [0.2, 0.25) is 0 Å². The maximum Gasteiger partial charge on any atom is 0.160 e. The predicted octanol–water partition coefficient (Wildman–Crippen LogP) is 10.1. The first-order valence-electron chi connectivity index (χ1n) is 14.3. The number of furan rings is 1. The van der Waals surface area contributed by atoms with Crippen molar-refractivity contribution in [1.29, 1.82) is 0 Å². The normalized spacial score (nSPS) is 11.3. The summed E-state index contributed by atoms with van der Waals surface area (Å²) in [5.74, 6) is 0.689. The molecule has 0 amide bonds. The molecule has 5 aromatic carbocycles. The van der Waals surface area contributed by atoms with Crippen molar-refractivity contribution < 1.29 is 4.42 Å². The van der Waals surface area contributed by atoms with E-state index in [0.29, 0.717) is 5.82 Å².